The summed E-state index contributed by atoms with van der Waals surface area (Å²) in [6, 6.07) is 5.85. The number of nitrogen functional groups attached to an aromatic ring is 1. The predicted molar refractivity (Wildman–Crippen MR) is 74.1 cm³/mol. The topological polar surface area (TPSA) is 38.0 Å². The second kappa shape index (κ2) is 5.28. The molecular formula is C14H21ClN2. The Morgan fingerprint density at radius 3 is 2.76 bits per heavy atom. The van der Waals surface area contributed by atoms with E-state index in [0.29, 0.717) is 16.1 Å². The zero-order chi connectivity index (χ0) is 12.3. The molecule has 1 aliphatic rings. The minimum Gasteiger partial charge on any atom is -0.398 e. The maximum Gasteiger partial charge on any atom is 0.0635 e. The number of rotatable bonds is 6. The van der Waals surface area contributed by atoms with Gasteiger partial charge in [0.25, 0.3) is 0 Å². The molecule has 1 fully saturated rings. The monoisotopic (exact) mass is 252 g/mol. The molecule has 3 heteroatoms. The summed E-state index contributed by atoms with van der Waals surface area (Å²) in [6.45, 7) is 4.27. The van der Waals surface area contributed by atoms with E-state index in [2.05, 4.69) is 12.2 Å². The number of nitrogens with one attached hydrogen (secondary N) is 1. The first kappa shape index (κ1) is 12.7. The average Bonchev–Trinajstić information content (AvgIpc) is 3.04. The molecule has 0 aromatic heterocycles. The van der Waals surface area contributed by atoms with Crippen LogP contribution in [0.3, 0.4) is 0 Å². The maximum absolute atomic E-state index is 5.89. The molecule has 2 nitrogen and oxygen atoms in total. The highest BCUT2D eigenvalue weighted by Gasteiger charge is 2.40. The van der Waals surface area contributed by atoms with E-state index < -0.39 is 0 Å². The molecule has 0 saturated heterocycles. The molecule has 17 heavy (non-hydrogen) atoms. The van der Waals surface area contributed by atoms with Gasteiger partial charge in [0.2, 0.25) is 0 Å². The molecule has 1 aliphatic carbocycles. The number of hydrogen-bond donors (Lipinski definition) is 2. The Labute approximate surface area is 109 Å². The van der Waals surface area contributed by atoms with Gasteiger partial charge in [-0.05, 0) is 42.4 Å². The van der Waals surface area contributed by atoms with Crippen molar-refractivity contribution in [2.75, 3.05) is 12.3 Å². The van der Waals surface area contributed by atoms with E-state index in [0.717, 1.165) is 13.1 Å². The Morgan fingerprint density at radius 1 is 1.41 bits per heavy atom. The molecule has 3 N–H and O–H groups in total. The first-order valence-electron chi connectivity index (χ1n) is 6.40. The number of nitrogens with two attached hydrogens (primary N) is 1. The van der Waals surface area contributed by atoms with Crippen LogP contribution in [-0.4, -0.2) is 6.54 Å². The Hall–Kier alpha value is -0.730. The van der Waals surface area contributed by atoms with Crippen LogP contribution in [0.2, 0.25) is 5.02 Å². The first-order valence-corrected chi connectivity index (χ1v) is 6.78. The number of benzene rings is 1. The highest BCUT2D eigenvalue weighted by atomic mass is 35.5. The van der Waals surface area contributed by atoms with E-state index in [4.69, 9.17) is 17.3 Å². The molecule has 0 amide bonds. The molecule has 0 aliphatic heterocycles. The molecule has 0 unspecified atom stereocenters. The first-order chi connectivity index (χ1) is 8.15. The third-order valence-corrected chi connectivity index (χ3v) is 3.97. The van der Waals surface area contributed by atoms with Gasteiger partial charge in [-0.1, -0.05) is 31.0 Å². The fraction of sp³-hybridized carbons (Fsp3) is 0.571. The molecule has 0 bridgehead atoms. The lowest BCUT2D eigenvalue weighted by atomic mass is 10.0. The zero-order valence-corrected chi connectivity index (χ0v) is 11.2. The number of anilines is 1. The van der Waals surface area contributed by atoms with Crippen molar-refractivity contribution in [3.63, 3.8) is 0 Å². The van der Waals surface area contributed by atoms with Crippen LogP contribution < -0.4 is 11.1 Å². The van der Waals surface area contributed by atoms with Gasteiger partial charge in [-0.3, -0.25) is 0 Å². The van der Waals surface area contributed by atoms with Crippen molar-refractivity contribution in [1.29, 1.82) is 0 Å². The quantitative estimate of drug-likeness (QED) is 0.760. The Balaban J connectivity index is 1.80. The summed E-state index contributed by atoms with van der Waals surface area (Å²) in [7, 11) is 0. The van der Waals surface area contributed by atoms with Crippen molar-refractivity contribution in [3.8, 4) is 0 Å². The summed E-state index contributed by atoms with van der Waals surface area (Å²) in [4.78, 5) is 0. The van der Waals surface area contributed by atoms with E-state index in [1.165, 1.54) is 31.2 Å². The van der Waals surface area contributed by atoms with Crippen LogP contribution in [0.15, 0.2) is 18.2 Å². The second-order valence-electron chi connectivity index (χ2n) is 5.21. The summed E-state index contributed by atoms with van der Waals surface area (Å²) in [6.07, 6.45) is 5.41. The molecule has 1 aromatic carbocycles. The van der Waals surface area contributed by atoms with Crippen LogP contribution in [0.5, 0.6) is 0 Å². The lowest BCUT2D eigenvalue weighted by molar-refractivity contribution is 0.421. The van der Waals surface area contributed by atoms with Crippen LogP contribution in [-0.2, 0) is 6.54 Å². The van der Waals surface area contributed by atoms with Gasteiger partial charge >= 0.3 is 0 Å². The molecule has 0 spiro atoms. The smallest absolute Gasteiger partial charge is 0.0635 e. The summed E-state index contributed by atoms with van der Waals surface area (Å²) in [5.74, 6) is 0. The van der Waals surface area contributed by atoms with Gasteiger partial charge in [0.15, 0.2) is 0 Å². The fourth-order valence-corrected chi connectivity index (χ4v) is 2.51. The standard InChI is InChI=1S/C14H21ClN2/c1-2-5-14(6-7-14)10-17-9-11-3-4-12(15)13(16)8-11/h3-4,8,17H,2,5-7,9-10,16H2,1H3. The molecule has 1 aromatic rings. The fourth-order valence-electron chi connectivity index (χ4n) is 2.40. The number of halogens is 1. The average molecular weight is 253 g/mol. The van der Waals surface area contributed by atoms with Crippen LogP contribution in [0.4, 0.5) is 5.69 Å². The van der Waals surface area contributed by atoms with Crippen molar-refractivity contribution in [1.82, 2.24) is 5.32 Å². The van der Waals surface area contributed by atoms with Crippen molar-refractivity contribution < 1.29 is 0 Å². The minimum atomic E-state index is 0.604. The molecule has 2 rings (SSSR count). The van der Waals surface area contributed by atoms with Crippen LogP contribution in [0.1, 0.15) is 38.2 Å². The predicted octanol–water partition coefficient (Wildman–Crippen LogP) is 3.59. The Morgan fingerprint density at radius 2 is 2.18 bits per heavy atom. The van der Waals surface area contributed by atoms with Gasteiger partial charge < -0.3 is 11.1 Å². The molecule has 94 valence electrons. The zero-order valence-electron chi connectivity index (χ0n) is 10.4. The van der Waals surface area contributed by atoms with Crippen molar-refractivity contribution in [2.24, 2.45) is 5.41 Å². The van der Waals surface area contributed by atoms with E-state index in [1.54, 1.807) is 0 Å². The summed E-state index contributed by atoms with van der Waals surface area (Å²) in [5.41, 5.74) is 8.26. The summed E-state index contributed by atoms with van der Waals surface area (Å²) >= 11 is 5.89. The van der Waals surface area contributed by atoms with Crippen LogP contribution >= 0.6 is 11.6 Å². The Bertz CT molecular complexity index is 386. The highest BCUT2D eigenvalue weighted by molar-refractivity contribution is 6.33. The van der Waals surface area contributed by atoms with Gasteiger partial charge in [-0.2, -0.15) is 0 Å². The third-order valence-electron chi connectivity index (χ3n) is 3.63. The highest BCUT2D eigenvalue weighted by Crippen LogP contribution is 2.48. The summed E-state index contributed by atoms with van der Waals surface area (Å²) in [5, 5.41) is 4.17. The number of hydrogen-bond acceptors (Lipinski definition) is 2. The van der Waals surface area contributed by atoms with Crippen molar-refractivity contribution in [3.05, 3.63) is 28.8 Å². The van der Waals surface area contributed by atoms with Crippen molar-refractivity contribution >= 4 is 17.3 Å². The molecule has 0 radical (unpaired) electrons. The largest absolute Gasteiger partial charge is 0.398 e. The lowest BCUT2D eigenvalue weighted by Crippen LogP contribution is -2.23. The Kier molecular flexibility index (Phi) is 3.95. The molecule has 1 saturated carbocycles. The van der Waals surface area contributed by atoms with E-state index in [1.807, 2.05) is 18.2 Å². The summed E-state index contributed by atoms with van der Waals surface area (Å²) < 4.78 is 0. The van der Waals surface area contributed by atoms with Crippen LogP contribution in [0.25, 0.3) is 0 Å². The van der Waals surface area contributed by atoms with Gasteiger partial charge in [0.1, 0.15) is 0 Å². The third kappa shape index (κ3) is 3.36. The normalized spacial score (nSPS) is 17.1. The maximum atomic E-state index is 5.89. The second-order valence-corrected chi connectivity index (χ2v) is 5.62. The molecular weight excluding hydrogens is 232 g/mol. The van der Waals surface area contributed by atoms with E-state index in [9.17, 15) is 0 Å². The minimum absolute atomic E-state index is 0.604. The van der Waals surface area contributed by atoms with Gasteiger partial charge in [-0.25, -0.2) is 0 Å². The van der Waals surface area contributed by atoms with E-state index in [-0.39, 0.29) is 0 Å². The lowest BCUT2D eigenvalue weighted by Gasteiger charge is -2.15. The SMILES string of the molecule is CCCC1(CNCc2ccc(Cl)c(N)c2)CC1. The van der Waals surface area contributed by atoms with Gasteiger partial charge in [-0.15, -0.1) is 0 Å². The van der Waals surface area contributed by atoms with Crippen LogP contribution in [0, 0.1) is 5.41 Å². The van der Waals surface area contributed by atoms with Crippen molar-refractivity contribution in [2.45, 2.75) is 39.2 Å². The van der Waals surface area contributed by atoms with Gasteiger partial charge in [0.05, 0.1) is 10.7 Å². The molecule has 0 atom stereocenters. The van der Waals surface area contributed by atoms with Gasteiger partial charge in [0, 0.05) is 13.1 Å². The molecule has 0 heterocycles. The van der Waals surface area contributed by atoms with E-state index >= 15 is 0 Å².